The third kappa shape index (κ3) is 3.22. The van der Waals surface area contributed by atoms with Crippen LogP contribution in [0.25, 0.3) is 11.1 Å². The van der Waals surface area contributed by atoms with Crippen LogP contribution in [-0.4, -0.2) is 24.8 Å². The largest absolute Gasteiger partial charge is 0.478 e. The van der Waals surface area contributed by atoms with Gasteiger partial charge in [0.1, 0.15) is 5.82 Å². The zero-order chi connectivity index (χ0) is 14.5. The summed E-state index contributed by atoms with van der Waals surface area (Å²) in [5.41, 5.74) is 2.25. The van der Waals surface area contributed by atoms with E-state index in [0.717, 1.165) is 18.1 Å². The molecule has 0 aliphatic heterocycles. The van der Waals surface area contributed by atoms with Gasteiger partial charge in [0.15, 0.2) is 0 Å². The fourth-order valence-electron chi connectivity index (χ4n) is 2.01. The molecule has 4 heteroatoms. The van der Waals surface area contributed by atoms with Gasteiger partial charge >= 0.3 is 5.97 Å². The van der Waals surface area contributed by atoms with Crippen molar-refractivity contribution in [2.24, 2.45) is 0 Å². The van der Waals surface area contributed by atoms with Crippen LogP contribution in [0.1, 0.15) is 15.9 Å². The van der Waals surface area contributed by atoms with Crippen molar-refractivity contribution in [1.29, 1.82) is 0 Å². The first-order chi connectivity index (χ1) is 9.61. The van der Waals surface area contributed by atoms with Gasteiger partial charge in [-0.2, -0.15) is 0 Å². The minimum Gasteiger partial charge on any atom is -0.478 e. The van der Waals surface area contributed by atoms with Crippen molar-refractivity contribution >= 4 is 5.97 Å². The number of hydrogen-bond donors (Lipinski definition) is 1. The van der Waals surface area contributed by atoms with E-state index in [1.54, 1.807) is 19.2 Å². The predicted molar refractivity (Wildman–Crippen MR) is 74.4 cm³/mol. The summed E-state index contributed by atoms with van der Waals surface area (Å²) in [6.07, 6.45) is 0.783. The maximum Gasteiger partial charge on any atom is 0.336 e. The lowest BCUT2D eigenvalue weighted by atomic mass is 9.98. The lowest BCUT2D eigenvalue weighted by Crippen LogP contribution is -2.00. The molecule has 1 N–H and O–H groups in total. The molecule has 2 rings (SSSR count). The van der Waals surface area contributed by atoms with E-state index < -0.39 is 11.8 Å². The van der Waals surface area contributed by atoms with Crippen LogP contribution in [0, 0.1) is 5.82 Å². The SMILES string of the molecule is COCCc1ccc(-c2cc(F)ccc2C(=O)O)cc1. The summed E-state index contributed by atoms with van der Waals surface area (Å²) in [5, 5.41) is 9.15. The number of carbonyl (C=O) groups is 1. The van der Waals surface area contributed by atoms with Crippen LogP contribution in [-0.2, 0) is 11.2 Å². The monoisotopic (exact) mass is 274 g/mol. The molecule has 0 saturated heterocycles. The Balaban J connectivity index is 2.36. The maximum absolute atomic E-state index is 13.3. The standard InChI is InChI=1S/C16H15FO3/c1-20-9-8-11-2-4-12(5-3-11)15-10-13(17)6-7-14(15)16(18)19/h2-7,10H,8-9H2,1H3,(H,18,19). The number of ether oxygens (including phenoxy) is 1. The van der Waals surface area contributed by atoms with Gasteiger partial charge in [0.2, 0.25) is 0 Å². The Bertz CT molecular complexity index is 606. The van der Waals surface area contributed by atoms with Gasteiger partial charge < -0.3 is 9.84 Å². The number of carboxylic acid groups (broad SMARTS) is 1. The van der Waals surface area contributed by atoms with Crippen molar-refractivity contribution in [3.05, 3.63) is 59.4 Å². The fraction of sp³-hybridized carbons (Fsp3) is 0.188. The van der Waals surface area contributed by atoms with Gasteiger partial charge in [-0.05, 0) is 41.3 Å². The van der Waals surface area contributed by atoms with Gasteiger partial charge in [-0.3, -0.25) is 0 Å². The minimum atomic E-state index is -1.07. The molecule has 0 aromatic heterocycles. The van der Waals surface area contributed by atoms with E-state index in [4.69, 9.17) is 9.84 Å². The van der Waals surface area contributed by atoms with Crippen LogP contribution in [0.2, 0.25) is 0 Å². The number of carboxylic acids is 1. The first-order valence-corrected chi connectivity index (χ1v) is 6.23. The molecule has 0 bridgehead atoms. The first kappa shape index (κ1) is 14.2. The predicted octanol–water partition coefficient (Wildman–Crippen LogP) is 3.38. The highest BCUT2D eigenvalue weighted by molar-refractivity contribution is 5.96. The zero-order valence-corrected chi connectivity index (χ0v) is 11.1. The zero-order valence-electron chi connectivity index (χ0n) is 11.1. The van der Waals surface area contributed by atoms with Gasteiger partial charge in [-0.15, -0.1) is 0 Å². The van der Waals surface area contributed by atoms with Gasteiger partial charge in [0.25, 0.3) is 0 Å². The van der Waals surface area contributed by atoms with E-state index in [1.165, 1.54) is 12.1 Å². The summed E-state index contributed by atoms with van der Waals surface area (Å²) in [6.45, 7) is 0.625. The fourth-order valence-corrected chi connectivity index (χ4v) is 2.01. The quantitative estimate of drug-likeness (QED) is 0.909. The molecule has 0 saturated carbocycles. The molecule has 0 heterocycles. The van der Waals surface area contributed by atoms with Gasteiger partial charge in [-0.1, -0.05) is 24.3 Å². The third-order valence-electron chi connectivity index (χ3n) is 3.07. The van der Waals surface area contributed by atoms with E-state index in [1.807, 2.05) is 12.1 Å². The van der Waals surface area contributed by atoms with Crippen LogP contribution in [0.5, 0.6) is 0 Å². The number of rotatable bonds is 5. The number of methoxy groups -OCH3 is 1. The van der Waals surface area contributed by atoms with E-state index >= 15 is 0 Å². The topological polar surface area (TPSA) is 46.5 Å². The number of halogens is 1. The molecular weight excluding hydrogens is 259 g/mol. The molecule has 2 aromatic rings. The van der Waals surface area contributed by atoms with Crippen LogP contribution < -0.4 is 0 Å². The average Bonchev–Trinajstić information content (AvgIpc) is 2.45. The number of hydrogen-bond acceptors (Lipinski definition) is 2. The second-order valence-electron chi connectivity index (χ2n) is 4.43. The smallest absolute Gasteiger partial charge is 0.336 e. The molecule has 0 spiro atoms. The van der Waals surface area contributed by atoms with Crippen molar-refractivity contribution < 1.29 is 19.0 Å². The van der Waals surface area contributed by atoms with Crippen LogP contribution >= 0.6 is 0 Å². The van der Waals surface area contributed by atoms with Gasteiger partial charge in [0.05, 0.1) is 12.2 Å². The Kier molecular flexibility index (Phi) is 4.48. The molecule has 0 aliphatic rings. The van der Waals surface area contributed by atoms with E-state index in [-0.39, 0.29) is 5.56 Å². The molecule has 104 valence electrons. The first-order valence-electron chi connectivity index (χ1n) is 6.23. The summed E-state index contributed by atoms with van der Waals surface area (Å²) < 4.78 is 18.3. The highest BCUT2D eigenvalue weighted by atomic mass is 19.1. The molecule has 0 unspecified atom stereocenters. The van der Waals surface area contributed by atoms with Crippen molar-refractivity contribution in [2.75, 3.05) is 13.7 Å². The summed E-state index contributed by atoms with van der Waals surface area (Å²) >= 11 is 0. The van der Waals surface area contributed by atoms with E-state index in [2.05, 4.69) is 0 Å². The summed E-state index contributed by atoms with van der Waals surface area (Å²) in [4.78, 5) is 11.2. The lowest BCUT2D eigenvalue weighted by Gasteiger charge is -2.08. The molecule has 0 fully saturated rings. The molecule has 0 amide bonds. The third-order valence-corrected chi connectivity index (χ3v) is 3.07. The lowest BCUT2D eigenvalue weighted by molar-refractivity contribution is 0.0697. The summed E-state index contributed by atoms with van der Waals surface area (Å²) in [7, 11) is 1.64. The van der Waals surface area contributed by atoms with E-state index in [0.29, 0.717) is 17.7 Å². The molecule has 0 radical (unpaired) electrons. The molecular formula is C16H15FO3. The van der Waals surface area contributed by atoms with Crippen LogP contribution in [0.3, 0.4) is 0 Å². The van der Waals surface area contributed by atoms with Crippen molar-refractivity contribution in [3.8, 4) is 11.1 Å². The van der Waals surface area contributed by atoms with Crippen molar-refractivity contribution in [1.82, 2.24) is 0 Å². The Morgan fingerprint density at radius 3 is 2.50 bits per heavy atom. The summed E-state index contributed by atoms with van der Waals surface area (Å²) in [5.74, 6) is -1.52. The number of benzene rings is 2. The van der Waals surface area contributed by atoms with Crippen molar-refractivity contribution in [2.45, 2.75) is 6.42 Å². The second-order valence-corrected chi connectivity index (χ2v) is 4.43. The molecule has 2 aromatic carbocycles. The highest BCUT2D eigenvalue weighted by Crippen LogP contribution is 2.25. The maximum atomic E-state index is 13.3. The second kappa shape index (κ2) is 6.30. The Labute approximate surface area is 116 Å². The molecule has 0 aliphatic carbocycles. The number of aromatic carboxylic acids is 1. The minimum absolute atomic E-state index is 0.0936. The van der Waals surface area contributed by atoms with Crippen LogP contribution in [0.15, 0.2) is 42.5 Å². The highest BCUT2D eigenvalue weighted by Gasteiger charge is 2.12. The van der Waals surface area contributed by atoms with Crippen LogP contribution in [0.4, 0.5) is 4.39 Å². The summed E-state index contributed by atoms with van der Waals surface area (Å²) in [6, 6.07) is 11.1. The normalized spacial score (nSPS) is 10.5. The van der Waals surface area contributed by atoms with Gasteiger partial charge in [0, 0.05) is 7.11 Å². The Morgan fingerprint density at radius 1 is 1.20 bits per heavy atom. The van der Waals surface area contributed by atoms with Crippen molar-refractivity contribution in [3.63, 3.8) is 0 Å². The molecule has 20 heavy (non-hydrogen) atoms. The van der Waals surface area contributed by atoms with E-state index in [9.17, 15) is 9.18 Å². The Hall–Kier alpha value is -2.20. The molecule has 0 atom stereocenters. The average molecular weight is 274 g/mol. The Morgan fingerprint density at radius 2 is 1.90 bits per heavy atom. The molecule has 3 nitrogen and oxygen atoms in total. The van der Waals surface area contributed by atoms with Gasteiger partial charge in [-0.25, -0.2) is 9.18 Å².